The van der Waals surface area contributed by atoms with Crippen LogP contribution in [0.5, 0.6) is 0 Å². The molecule has 0 N–H and O–H groups in total. The summed E-state index contributed by atoms with van der Waals surface area (Å²) in [5.41, 5.74) is 1.93. The molecule has 3 heteroatoms. The zero-order valence-corrected chi connectivity index (χ0v) is 12.6. The van der Waals surface area contributed by atoms with Crippen molar-refractivity contribution >= 4 is 37.9 Å². The van der Waals surface area contributed by atoms with Crippen molar-refractivity contribution in [3.63, 3.8) is 0 Å². The number of hydrogen-bond acceptors (Lipinski definition) is 2. The van der Waals surface area contributed by atoms with Crippen LogP contribution in [0, 0.1) is 0 Å². The first kappa shape index (κ1) is 13.8. The summed E-state index contributed by atoms with van der Waals surface area (Å²) in [6.45, 7) is 1.41. The van der Waals surface area contributed by atoms with Gasteiger partial charge in [0.25, 0.3) is 0 Å². The lowest BCUT2D eigenvalue weighted by Gasteiger charge is -2.11. The van der Waals surface area contributed by atoms with Crippen LogP contribution in [-0.2, 0) is 9.53 Å². The summed E-state index contributed by atoms with van der Waals surface area (Å²) in [4.78, 5) is 11.3. The summed E-state index contributed by atoms with van der Waals surface area (Å²) in [7, 11) is 0. The molecular weight excluding hydrogens is 351 g/mol. The Morgan fingerprint density at radius 2 is 1.37 bits per heavy atom. The molecule has 0 unspecified atom stereocenters. The SMILES string of the molecule is CC(=O)OC(=C(I)c1ccccc1)c1ccccc1. The van der Waals surface area contributed by atoms with Crippen LogP contribution in [0.3, 0.4) is 0 Å². The Morgan fingerprint density at radius 3 is 1.84 bits per heavy atom. The monoisotopic (exact) mass is 364 g/mol. The van der Waals surface area contributed by atoms with E-state index >= 15 is 0 Å². The van der Waals surface area contributed by atoms with E-state index in [1.165, 1.54) is 6.92 Å². The highest BCUT2D eigenvalue weighted by Gasteiger charge is 2.12. The predicted molar refractivity (Wildman–Crippen MR) is 85.5 cm³/mol. The molecule has 0 heterocycles. The summed E-state index contributed by atoms with van der Waals surface area (Å²) in [6.07, 6.45) is 0. The van der Waals surface area contributed by atoms with Gasteiger partial charge >= 0.3 is 5.97 Å². The Morgan fingerprint density at radius 1 is 0.895 bits per heavy atom. The van der Waals surface area contributed by atoms with E-state index in [2.05, 4.69) is 22.6 Å². The predicted octanol–water partition coefficient (Wildman–Crippen LogP) is 4.51. The van der Waals surface area contributed by atoms with Gasteiger partial charge in [-0.1, -0.05) is 60.7 Å². The minimum atomic E-state index is -0.316. The first-order chi connectivity index (χ1) is 9.18. The van der Waals surface area contributed by atoms with E-state index in [1.54, 1.807) is 0 Å². The molecule has 19 heavy (non-hydrogen) atoms. The molecule has 2 aromatic rings. The van der Waals surface area contributed by atoms with Crippen LogP contribution in [0.15, 0.2) is 60.7 Å². The van der Waals surface area contributed by atoms with Crippen LogP contribution in [0.2, 0.25) is 0 Å². The molecule has 2 nitrogen and oxygen atoms in total. The highest BCUT2D eigenvalue weighted by Crippen LogP contribution is 2.32. The molecule has 0 aliphatic carbocycles. The molecule has 0 saturated heterocycles. The molecule has 0 fully saturated rings. The van der Waals surface area contributed by atoms with Crippen LogP contribution in [0.1, 0.15) is 18.1 Å². The number of halogens is 1. The average molecular weight is 364 g/mol. The number of hydrogen-bond donors (Lipinski definition) is 0. The number of ether oxygens (including phenoxy) is 1. The number of benzene rings is 2. The van der Waals surface area contributed by atoms with Crippen molar-refractivity contribution in [2.45, 2.75) is 6.92 Å². The third-order valence-electron chi connectivity index (χ3n) is 2.51. The zero-order chi connectivity index (χ0) is 13.7. The summed E-state index contributed by atoms with van der Waals surface area (Å²) >= 11 is 2.21. The van der Waals surface area contributed by atoms with E-state index in [4.69, 9.17) is 4.74 Å². The Hall–Kier alpha value is -1.62. The van der Waals surface area contributed by atoms with E-state index in [1.807, 2.05) is 60.7 Å². The van der Waals surface area contributed by atoms with Crippen molar-refractivity contribution in [1.82, 2.24) is 0 Å². The van der Waals surface area contributed by atoms with Gasteiger partial charge in [-0.3, -0.25) is 4.79 Å². The Kier molecular flexibility index (Phi) is 4.74. The molecule has 0 aromatic heterocycles. The second-order valence-corrected chi connectivity index (χ2v) is 5.05. The van der Waals surface area contributed by atoms with Gasteiger partial charge < -0.3 is 4.74 Å². The molecule has 0 spiro atoms. The fourth-order valence-corrected chi connectivity index (χ4v) is 2.46. The van der Waals surface area contributed by atoms with E-state index in [0.29, 0.717) is 5.76 Å². The molecule has 0 bridgehead atoms. The topological polar surface area (TPSA) is 26.3 Å². The summed E-state index contributed by atoms with van der Waals surface area (Å²) in [5.74, 6) is 0.281. The third kappa shape index (κ3) is 3.67. The smallest absolute Gasteiger partial charge is 0.308 e. The molecule has 0 aliphatic rings. The molecular formula is C16H13IO2. The quantitative estimate of drug-likeness (QED) is 0.347. The molecule has 0 amide bonds. The van der Waals surface area contributed by atoms with Crippen molar-refractivity contribution in [2.24, 2.45) is 0 Å². The van der Waals surface area contributed by atoms with Crippen LogP contribution >= 0.6 is 22.6 Å². The van der Waals surface area contributed by atoms with Gasteiger partial charge in [-0.2, -0.15) is 0 Å². The van der Waals surface area contributed by atoms with Gasteiger partial charge in [0.05, 0.1) is 3.58 Å². The van der Waals surface area contributed by atoms with Gasteiger partial charge in [0.1, 0.15) is 0 Å². The first-order valence-electron chi connectivity index (χ1n) is 5.87. The largest absolute Gasteiger partial charge is 0.425 e. The minimum Gasteiger partial charge on any atom is -0.425 e. The second kappa shape index (κ2) is 6.52. The minimum absolute atomic E-state index is 0.316. The maximum atomic E-state index is 11.3. The van der Waals surface area contributed by atoms with E-state index in [9.17, 15) is 4.79 Å². The average Bonchev–Trinajstić information content (AvgIpc) is 2.46. The summed E-state index contributed by atoms with van der Waals surface area (Å²) in [6, 6.07) is 19.5. The summed E-state index contributed by atoms with van der Waals surface area (Å²) < 4.78 is 6.30. The van der Waals surface area contributed by atoms with E-state index in [0.717, 1.165) is 14.7 Å². The molecule has 0 atom stereocenters. The highest BCUT2D eigenvalue weighted by molar-refractivity contribution is 14.1. The number of esters is 1. The van der Waals surface area contributed by atoms with Crippen LogP contribution < -0.4 is 0 Å². The Bertz CT molecular complexity index is 589. The van der Waals surface area contributed by atoms with Crippen molar-refractivity contribution in [1.29, 1.82) is 0 Å². The van der Waals surface area contributed by atoms with Crippen molar-refractivity contribution in [2.75, 3.05) is 0 Å². The molecule has 96 valence electrons. The fraction of sp³-hybridized carbons (Fsp3) is 0.0625. The fourth-order valence-electron chi connectivity index (χ4n) is 1.68. The normalized spacial score (nSPS) is 11.7. The Balaban J connectivity index is 2.51. The van der Waals surface area contributed by atoms with Crippen molar-refractivity contribution in [3.8, 4) is 0 Å². The Labute approximate surface area is 126 Å². The molecule has 2 aromatic carbocycles. The van der Waals surface area contributed by atoms with Gasteiger partial charge in [0.2, 0.25) is 0 Å². The molecule has 0 radical (unpaired) electrons. The maximum Gasteiger partial charge on any atom is 0.308 e. The highest BCUT2D eigenvalue weighted by atomic mass is 127. The second-order valence-electron chi connectivity index (χ2n) is 3.97. The van der Waals surface area contributed by atoms with Gasteiger partial charge in [-0.15, -0.1) is 0 Å². The molecule has 2 rings (SSSR count). The molecule has 0 aliphatic heterocycles. The van der Waals surface area contributed by atoms with Crippen LogP contribution in [0.25, 0.3) is 9.34 Å². The summed E-state index contributed by atoms with van der Waals surface area (Å²) in [5, 5.41) is 0. The van der Waals surface area contributed by atoms with Crippen molar-refractivity contribution < 1.29 is 9.53 Å². The number of carbonyl (C=O) groups is 1. The van der Waals surface area contributed by atoms with Gasteiger partial charge in [0.15, 0.2) is 5.76 Å². The zero-order valence-electron chi connectivity index (χ0n) is 10.5. The first-order valence-corrected chi connectivity index (χ1v) is 6.95. The lowest BCUT2D eigenvalue weighted by molar-refractivity contribution is -0.134. The lowest BCUT2D eigenvalue weighted by atomic mass is 10.1. The maximum absolute atomic E-state index is 11.3. The van der Waals surface area contributed by atoms with E-state index in [-0.39, 0.29) is 5.97 Å². The number of carbonyl (C=O) groups excluding carboxylic acids is 1. The lowest BCUT2D eigenvalue weighted by Crippen LogP contribution is -2.00. The van der Waals surface area contributed by atoms with Crippen LogP contribution in [0.4, 0.5) is 0 Å². The van der Waals surface area contributed by atoms with Crippen molar-refractivity contribution in [3.05, 3.63) is 71.8 Å². The van der Waals surface area contributed by atoms with Crippen LogP contribution in [-0.4, -0.2) is 5.97 Å². The standard InChI is InChI=1S/C16H13IO2/c1-12(18)19-16(14-10-6-3-7-11-14)15(17)13-8-4-2-5-9-13/h2-11H,1H3. The number of rotatable bonds is 3. The van der Waals surface area contributed by atoms with Gasteiger partial charge in [0, 0.05) is 12.5 Å². The van der Waals surface area contributed by atoms with Gasteiger partial charge in [-0.05, 0) is 28.2 Å². The molecule has 0 saturated carbocycles. The van der Waals surface area contributed by atoms with E-state index < -0.39 is 0 Å². The van der Waals surface area contributed by atoms with Gasteiger partial charge in [-0.25, -0.2) is 0 Å². The third-order valence-corrected chi connectivity index (χ3v) is 3.62.